The smallest absolute Gasteiger partial charge is 0.341 e. The van der Waals surface area contributed by atoms with Gasteiger partial charge in [-0.1, -0.05) is 35.0 Å². The Kier molecular flexibility index (Phi) is 5.84. The van der Waals surface area contributed by atoms with E-state index in [0.29, 0.717) is 24.3 Å². The molecule has 5 nitrogen and oxygen atoms in total. The lowest BCUT2D eigenvalue weighted by Crippen LogP contribution is -2.22. The molecule has 146 valence electrons. The minimum Gasteiger partial charge on any atom is -0.477 e. The van der Waals surface area contributed by atoms with E-state index in [9.17, 15) is 19.1 Å². The summed E-state index contributed by atoms with van der Waals surface area (Å²) in [4.78, 5) is 25.9. The first-order valence-corrected chi connectivity index (χ1v) is 9.66. The molecule has 0 aliphatic rings. The van der Waals surface area contributed by atoms with E-state index in [1.54, 1.807) is 22.6 Å². The summed E-state index contributed by atoms with van der Waals surface area (Å²) in [5.41, 5.74) is 0.728. The van der Waals surface area contributed by atoms with Crippen molar-refractivity contribution in [2.75, 3.05) is 18.5 Å². The van der Waals surface area contributed by atoms with Crippen LogP contribution >= 0.6 is 15.9 Å². The lowest BCUT2D eigenvalue weighted by Gasteiger charge is -2.21. The molecular weight excluding hydrogens is 427 g/mol. The molecule has 2 aromatic carbocycles. The van der Waals surface area contributed by atoms with Gasteiger partial charge in [0.2, 0.25) is 5.43 Å². The van der Waals surface area contributed by atoms with Crippen LogP contribution in [0.3, 0.4) is 0 Å². The maximum atomic E-state index is 14.7. The minimum atomic E-state index is -1.33. The molecular formula is C21H20BrFN2O3. The van der Waals surface area contributed by atoms with Gasteiger partial charge in [0.15, 0.2) is 0 Å². The highest BCUT2D eigenvalue weighted by Crippen LogP contribution is 2.25. The average molecular weight is 447 g/mol. The van der Waals surface area contributed by atoms with E-state index in [0.717, 1.165) is 22.5 Å². The summed E-state index contributed by atoms with van der Waals surface area (Å²) >= 11 is 3.42. The van der Waals surface area contributed by atoms with Gasteiger partial charge >= 0.3 is 5.97 Å². The second-order valence-electron chi connectivity index (χ2n) is 6.68. The molecule has 0 saturated heterocycles. The van der Waals surface area contributed by atoms with Gasteiger partial charge in [0.05, 0.1) is 11.2 Å². The molecule has 0 fully saturated rings. The molecule has 7 heteroatoms. The average Bonchev–Trinajstić information content (AvgIpc) is 2.63. The van der Waals surface area contributed by atoms with Crippen LogP contribution in [0.25, 0.3) is 10.9 Å². The largest absolute Gasteiger partial charge is 0.477 e. The Balaban J connectivity index is 2.26. The molecule has 0 unspecified atom stereocenters. The standard InChI is InChI=1S/C21H20BrFN2O3/c1-3-7-24(2)19-10-18-15(9-17(19)23)20(26)16(21(27)28)12-25(18)11-13-5-4-6-14(22)8-13/h4-6,8-10,12H,3,7,11H2,1-2H3,(H,27,28). The number of anilines is 1. The Morgan fingerprint density at radius 3 is 2.68 bits per heavy atom. The number of halogens is 2. The van der Waals surface area contributed by atoms with Crippen molar-refractivity contribution < 1.29 is 14.3 Å². The molecule has 0 aliphatic heterocycles. The highest BCUT2D eigenvalue weighted by molar-refractivity contribution is 9.10. The van der Waals surface area contributed by atoms with Crippen molar-refractivity contribution in [1.82, 2.24) is 4.57 Å². The Morgan fingerprint density at radius 1 is 1.29 bits per heavy atom. The first-order valence-electron chi connectivity index (χ1n) is 8.87. The lowest BCUT2D eigenvalue weighted by atomic mass is 10.1. The van der Waals surface area contributed by atoms with Gasteiger partial charge in [-0.2, -0.15) is 0 Å². The summed E-state index contributed by atoms with van der Waals surface area (Å²) in [7, 11) is 1.79. The van der Waals surface area contributed by atoms with Gasteiger partial charge in [-0.3, -0.25) is 4.79 Å². The Morgan fingerprint density at radius 2 is 2.04 bits per heavy atom. The van der Waals surface area contributed by atoms with Gasteiger partial charge in [0, 0.05) is 36.2 Å². The summed E-state index contributed by atoms with van der Waals surface area (Å²) < 4.78 is 17.3. The quantitative estimate of drug-likeness (QED) is 0.605. The monoisotopic (exact) mass is 446 g/mol. The molecule has 3 aromatic rings. The number of carboxylic acid groups (broad SMARTS) is 1. The van der Waals surface area contributed by atoms with Crippen LogP contribution in [0.1, 0.15) is 29.3 Å². The number of carboxylic acids is 1. The van der Waals surface area contributed by atoms with Gasteiger partial charge < -0.3 is 14.6 Å². The lowest BCUT2D eigenvalue weighted by molar-refractivity contribution is 0.0695. The SMILES string of the molecule is CCCN(C)c1cc2c(cc1F)c(=O)c(C(=O)O)cn2Cc1cccc(Br)c1. The molecule has 28 heavy (non-hydrogen) atoms. The Hall–Kier alpha value is -2.67. The first-order chi connectivity index (χ1) is 13.3. The van der Waals surface area contributed by atoms with Crippen molar-refractivity contribution in [3.8, 4) is 0 Å². The molecule has 1 heterocycles. The number of rotatable bonds is 6. The number of hydrogen-bond acceptors (Lipinski definition) is 3. The zero-order chi connectivity index (χ0) is 20.4. The molecule has 0 spiro atoms. The molecule has 0 aliphatic carbocycles. The highest BCUT2D eigenvalue weighted by atomic mass is 79.9. The Labute approximate surface area is 170 Å². The fourth-order valence-electron chi connectivity index (χ4n) is 3.26. The zero-order valence-electron chi connectivity index (χ0n) is 15.6. The summed E-state index contributed by atoms with van der Waals surface area (Å²) in [5, 5.41) is 9.48. The molecule has 0 amide bonds. The zero-order valence-corrected chi connectivity index (χ0v) is 17.2. The second-order valence-corrected chi connectivity index (χ2v) is 7.59. The van der Waals surface area contributed by atoms with E-state index < -0.39 is 17.2 Å². The highest BCUT2D eigenvalue weighted by Gasteiger charge is 2.18. The molecule has 1 aromatic heterocycles. The van der Waals surface area contributed by atoms with Gasteiger partial charge in [-0.15, -0.1) is 0 Å². The van der Waals surface area contributed by atoms with Gasteiger partial charge in [0.25, 0.3) is 0 Å². The predicted molar refractivity (Wildman–Crippen MR) is 112 cm³/mol. The fraction of sp³-hybridized carbons (Fsp3) is 0.238. The van der Waals surface area contributed by atoms with Crippen LogP contribution in [-0.2, 0) is 6.54 Å². The van der Waals surface area contributed by atoms with Crippen molar-refractivity contribution in [3.05, 3.63) is 74.2 Å². The molecule has 0 saturated carbocycles. The van der Waals surface area contributed by atoms with Crippen LogP contribution in [0.2, 0.25) is 0 Å². The predicted octanol–water partition coefficient (Wildman–Crippen LogP) is 4.50. The summed E-state index contributed by atoms with van der Waals surface area (Å²) in [6.45, 7) is 3.00. The maximum Gasteiger partial charge on any atom is 0.341 e. The number of pyridine rings is 1. The van der Waals surface area contributed by atoms with Gasteiger partial charge in [-0.05, 0) is 36.2 Å². The Bertz CT molecular complexity index is 1110. The third-order valence-electron chi connectivity index (χ3n) is 4.59. The fourth-order valence-corrected chi connectivity index (χ4v) is 3.71. The molecule has 1 N–H and O–H groups in total. The number of fused-ring (bicyclic) bond motifs is 1. The van der Waals surface area contributed by atoms with Crippen LogP contribution in [0.4, 0.5) is 10.1 Å². The first kappa shape index (κ1) is 20.1. The minimum absolute atomic E-state index is 0.0565. The summed E-state index contributed by atoms with van der Waals surface area (Å²) in [5.74, 6) is -1.88. The number of carbonyl (C=O) groups is 1. The van der Waals surface area contributed by atoms with E-state index in [1.165, 1.54) is 6.20 Å². The summed E-state index contributed by atoms with van der Waals surface area (Å²) in [6.07, 6.45) is 2.17. The van der Waals surface area contributed by atoms with Crippen LogP contribution in [0.15, 0.2) is 51.9 Å². The van der Waals surface area contributed by atoms with Crippen molar-refractivity contribution in [2.24, 2.45) is 0 Å². The van der Waals surface area contributed by atoms with E-state index in [4.69, 9.17) is 0 Å². The maximum absolute atomic E-state index is 14.7. The van der Waals surface area contributed by atoms with E-state index in [-0.39, 0.29) is 10.9 Å². The van der Waals surface area contributed by atoms with Crippen molar-refractivity contribution in [3.63, 3.8) is 0 Å². The summed E-state index contributed by atoms with van der Waals surface area (Å²) in [6, 6.07) is 10.3. The number of benzene rings is 2. The molecule has 0 bridgehead atoms. The van der Waals surface area contributed by atoms with Gasteiger partial charge in [-0.25, -0.2) is 9.18 Å². The topological polar surface area (TPSA) is 62.5 Å². The third-order valence-corrected chi connectivity index (χ3v) is 5.08. The van der Waals surface area contributed by atoms with Crippen LogP contribution in [-0.4, -0.2) is 29.2 Å². The van der Waals surface area contributed by atoms with Crippen molar-refractivity contribution in [1.29, 1.82) is 0 Å². The van der Waals surface area contributed by atoms with Crippen LogP contribution in [0, 0.1) is 5.82 Å². The van der Waals surface area contributed by atoms with Crippen molar-refractivity contribution in [2.45, 2.75) is 19.9 Å². The van der Waals surface area contributed by atoms with Gasteiger partial charge in [0.1, 0.15) is 11.4 Å². The van der Waals surface area contributed by atoms with Crippen LogP contribution in [0.5, 0.6) is 0 Å². The number of hydrogen-bond donors (Lipinski definition) is 1. The molecule has 0 atom stereocenters. The van der Waals surface area contributed by atoms with Crippen molar-refractivity contribution >= 4 is 38.5 Å². The number of nitrogens with zero attached hydrogens (tertiary/aromatic N) is 2. The van der Waals surface area contributed by atoms with Crippen LogP contribution < -0.4 is 10.3 Å². The number of aromatic carboxylic acids is 1. The normalized spacial score (nSPS) is 11.0. The third kappa shape index (κ3) is 3.94. The van der Waals surface area contributed by atoms with E-state index >= 15 is 0 Å². The molecule has 0 radical (unpaired) electrons. The number of aromatic nitrogens is 1. The molecule has 3 rings (SSSR count). The van der Waals surface area contributed by atoms with E-state index in [1.807, 2.05) is 31.2 Å². The van der Waals surface area contributed by atoms with E-state index in [2.05, 4.69) is 15.9 Å². The second kappa shape index (κ2) is 8.14.